The second-order valence-electron chi connectivity index (χ2n) is 4.82. The molecule has 0 amide bonds. The summed E-state index contributed by atoms with van der Waals surface area (Å²) in [7, 11) is -8.07. The fourth-order valence-corrected chi connectivity index (χ4v) is 4.38. The molecule has 1 aliphatic heterocycles. The van der Waals surface area contributed by atoms with Gasteiger partial charge in [0.15, 0.2) is 0 Å². The van der Waals surface area contributed by atoms with Crippen molar-refractivity contribution in [2.45, 2.75) is 29.3 Å². The highest BCUT2D eigenvalue weighted by molar-refractivity contribution is 7.90. The van der Waals surface area contributed by atoms with Crippen LogP contribution >= 0.6 is 0 Å². The molecule has 1 unspecified atom stereocenters. The summed E-state index contributed by atoms with van der Waals surface area (Å²) in [5, 5.41) is 17.0. The number of rotatable bonds is 5. The molecule has 23 heavy (non-hydrogen) atoms. The van der Waals surface area contributed by atoms with E-state index in [1.54, 1.807) is 0 Å². The molecule has 0 spiro atoms. The van der Waals surface area contributed by atoms with Gasteiger partial charge >= 0.3 is 0 Å². The lowest BCUT2D eigenvalue weighted by molar-refractivity contribution is -0.757. The predicted octanol–water partition coefficient (Wildman–Crippen LogP) is -0.729. The highest BCUT2D eigenvalue weighted by atomic mass is 32.2. The van der Waals surface area contributed by atoms with Crippen LogP contribution in [0.25, 0.3) is 0 Å². The number of hydrogen-bond acceptors (Lipinski definition) is 8. The second-order valence-corrected chi connectivity index (χ2v) is 8.03. The maximum Gasteiger partial charge on any atom is 0.294 e. The first-order valence-corrected chi connectivity index (χ1v) is 9.27. The highest BCUT2D eigenvalue weighted by Gasteiger charge is 2.31. The summed E-state index contributed by atoms with van der Waals surface area (Å²) in [5.74, 6) is 0. The van der Waals surface area contributed by atoms with Gasteiger partial charge in [-0.1, -0.05) is 0 Å². The first-order chi connectivity index (χ1) is 10.5. The summed E-state index contributed by atoms with van der Waals surface area (Å²) < 4.78 is 49.6. The van der Waals surface area contributed by atoms with Crippen LogP contribution in [0.3, 0.4) is 0 Å². The summed E-state index contributed by atoms with van der Waals surface area (Å²) in [6.45, 7) is 1.16. The van der Waals surface area contributed by atoms with Crippen LogP contribution in [0.4, 0.5) is 5.69 Å². The lowest BCUT2D eigenvalue weighted by Gasteiger charge is -2.28. The van der Waals surface area contributed by atoms with E-state index in [2.05, 4.69) is 14.9 Å². The average molecular weight is 366 g/mol. The predicted molar refractivity (Wildman–Crippen MR) is 77.8 cm³/mol. The normalized spacial score (nSPS) is 19.5. The SMILES string of the molecule is Cc1cc2c(cc1S(N)(=O)=O)S(=O)(=O)NC(CCO[N+](=O)[O-])N2. The van der Waals surface area contributed by atoms with E-state index in [1.807, 2.05) is 0 Å². The van der Waals surface area contributed by atoms with E-state index in [0.717, 1.165) is 6.07 Å². The lowest BCUT2D eigenvalue weighted by Crippen LogP contribution is -2.45. The van der Waals surface area contributed by atoms with Crippen LogP contribution < -0.4 is 15.2 Å². The van der Waals surface area contributed by atoms with Gasteiger partial charge in [0.25, 0.3) is 5.09 Å². The van der Waals surface area contributed by atoms with E-state index in [9.17, 15) is 26.9 Å². The molecule has 2 rings (SSSR count). The Morgan fingerprint density at radius 1 is 1.43 bits per heavy atom. The fraction of sp³-hybridized carbons (Fsp3) is 0.400. The summed E-state index contributed by atoms with van der Waals surface area (Å²) in [5.41, 5.74) is 0.455. The third kappa shape index (κ3) is 3.87. The van der Waals surface area contributed by atoms with Gasteiger partial charge in [0, 0.05) is 6.42 Å². The van der Waals surface area contributed by atoms with Crippen LogP contribution in [0.5, 0.6) is 0 Å². The van der Waals surface area contributed by atoms with Crippen molar-refractivity contribution in [3.05, 3.63) is 27.8 Å². The van der Waals surface area contributed by atoms with Crippen molar-refractivity contribution >= 4 is 25.7 Å². The van der Waals surface area contributed by atoms with Crippen LogP contribution in [0, 0.1) is 17.0 Å². The molecule has 128 valence electrons. The Labute approximate surface area is 132 Å². The number of hydrogen-bond donors (Lipinski definition) is 3. The number of nitrogens with two attached hydrogens (primary N) is 1. The summed E-state index contributed by atoms with van der Waals surface area (Å²) >= 11 is 0. The summed E-state index contributed by atoms with van der Waals surface area (Å²) in [4.78, 5) is 13.7. The maximum absolute atomic E-state index is 12.2. The number of primary sulfonamides is 1. The summed E-state index contributed by atoms with van der Waals surface area (Å²) in [6.07, 6.45) is -0.831. The van der Waals surface area contributed by atoms with Crippen LogP contribution in [0.2, 0.25) is 0 Å². The molecule has 0 aliphatic carbocycles. The van der Waals surface area contributed by atoms with Gasteiger partial charge in [-0.2, -0.15) is 4.72 Å². The van der Waals surface area contributed by atoms with Gasteiger partial charge in [-0.3, -0.25) is 0 Å². The second kappa shape index (κ2) is 5.92. The molecular weight excluding hydrogens is 352 g/mol. The Morgan fingerprint density at radius 3 is 2.65 bits per heavy atom. The quantitative estimate of drug-likeness (QED) is 0.452. The van der Waals surface area contributed by atoms with Crippen molar-refractivity contribution in [3.8, 4) is 0 Å². The Bertz CT molecular complexity index is 850. The molecule has 0 fully saturated rings. The Kier molecular flexibility index (Phi) is 4.48. The Hall–Kier alpha value is -1.96. The number of sulfonamides is 2. The summed E-state index contributed by atoms with van der Waals surface area (Å²) in [6, 6.07) is 2.31. The van der Waals surface area contributed by atoms with E-state index < -0.39 is 31.3 Å². The number of fused-ring (bicyclic) bond motifs is 1. The van der Waals surface area contributed by atoms with Gasteiger partial charge in [-0.25, -0.2) is 22.0 Å². The molecule has 0 saturated heterocycles. The zero-order valence-corrected chi connectivity index (χ0v) is 13.5. The third-order valence-electron chi connectivity index (χ3n) is 3.10. The number of nitrogens with one attached hydrogen (secondary N) is 2. The van der Waals surface area contributed by atoms with Gasteiger partial charge in [0.05, 0.1) is 23.4 Å². The van der Waals surface area contributed by atoms with E-state index in [1.165, 1.54) is 13.0 Å². The number of anilines is 1. The maximum atomic E-state index is 12.2. The minimum atomic E-state index is -4.07. The van der Waals surface area contributed by atoms with Crippen LogP contribution in [-0.2, 0) is 24.9 Å². The number of nitrogens with zero attached hydrogens (tertiary/aromatic N) is 1. The Balaban J connectivity index is 2.35. The fourth-order valence-electron chi connectivity index (χ4n) is 2.16. The van der Waals surface area contributed by atoms with Crippen molar-refractivity contribution in [3.63, 3.8) is 0 Å². The van der Waals surface area contributed by atoms with E-state index in [4.69, 9.17) is 5.14 Å². The van der Waals surface area contributed by atoms with Gasteiger partial charge in [-0.15, -0.1) is 10.1 Å². The standard InChI is InChI=1S/C10H14N4O7S2/c1-6-4-7-9(5-8(6)22(11,17)18)23(19,20)13-10(12-7)2-3-21-14(15)16/h4-5,10,12-13H,2-3H2,1H3,(H2,11,17,18). The van der Waals surface area contributed by atoms with E-state index in [-0.39, 0.29) is 34.1 Å². The average Bonchev–Trinajstić information content (AvgIpc) is 2.34. The van der Waals surface area contributed by atoms with Gasteiger partial charge < -0.3 is 10.2 Å². The minimum Gasteiger partial charge on any atom is -0.368 e. The van der Waals surface area contributed by atoms with Gasteiger partial charge in [0.1, 0.15) is 4.90 Å². The van der Waals surface area contributed by atoms with Crippen molar-refractivity contribution in [1.82, 2.24) is 4.72 Å². The molecule has 1 aliphatic rings. The molecule has 0 bridgehead atoms. The first kappa shape index (κ1) is 17.4. The third-order valence-corrected chi connectivity index (χ3v) is 5.67. The minimum absolute atomic E-state index is 0.00433. The topological polar surface area (TPSA) is 171 Å². The smallest absolute Gasteiger partial charge is 0.294 e. The number of benzene rings is 1. The van der Waals surface area contributed by atoms with Crippen molar-refractivity contribution in [1.29, 1.82) is 0 Å². The van der Waals surface area contributed by atoms with Crippen molar-refractivity contribution in [2.75, 3.05) is 11.9 Å². The lowest BCUT2D eigenvalue weighted by atomic mass is 10.2. The van der Waals surface area contributed by atoms with Crippen LogP contribution in [0.1, 0.15) is 12.0 Å². The molecule has 1 aromatic rings. The van der Waals surface area contributed by atoms with E-state index in [0.29, 0.717) is 0 Å². The molecule has 11 nitrogen and oxygen atoms in total. The molecule has 1 atom stereocenters. The zero-order valence-electron chi connectivity index (χ0n) is 11.8. The first-order valence-electron chi connectivity index (χ1n) is 6.24. The molecule has 1 aromatic carbocycles. The van der Waals surface area contributed by atoms with Crippen molar-refractivity contribution in [2.24, 2.45) is 5.14 Å². The number of aryl methyl sites for hydroxylation is 1. The monoisotopic (exact) mass is 366 g/mol. The van der Waals surface area contributed by atoms with Crippen molar-refractivity contribution < 1.29 is 26.8 Å². The molecule has 13 heteroatoms. The van der Waals surface area contributed by atoms with Gasteiger partial charge in [0.2, 0.25) is 20.0 Å². The molecule has 1 heterocycles. The highest BCUT2D eigenvalue weighted by Crippen LogP contribution is 2.31. The van der Waals surface area contributed by atoms with Gasteiger partial charge in [-0.05, 0) is 24.6 Å². The Morgan fingerprint density at radius 2 is 2.09 bits per heavy atom. The molecular formula is C10H14N4O7S2. The molecule has 4 N–H and O–H groups in total. The van der Waals surface area contributed by atoms with E-state index >= 15 is 0 Å². The van der Waals surface area contributed by atoms with Crippen LogP contribution in [0.15, 0.2) is 21.9 Å². The molecule has 0 radical (unpaired) electrons. The van der Waals surface area contributed by atoms with Crippen LogP contribution in [-0.4, -0.2) is 34.7 Å². The zero-order chi connectivity index (χ0) is 17.4. The molecule has 0 saturated carbocycles. The molecule has 0 aromatic heterocycles. The largest absolute Gasteiger partial charge is 0.368 e.